The minimum absolute atomic E-state index is 0.106. The number of nitrogens with one attached hydrogen (secondary N) is 1. The molecule has 0 aliphatic heterocycles. The molecule has 1 rings (SSSR count). The second kappa shape index (κ2) is 6.16. The highest BCUT2D eigenvalue weighted by Crippen LogP contribution is 2.12. The van der Waals surface area contributed by atoms with Crippen molar-refractivity contribution in [2.45, 2.75) is 19.4 Å². The molecule has 0 bridgehead atoms. The topological polar surface area (TPSA) is 75.4 Å². The third kappa shape index (κ3) is 3.56. The van der Waals surface area contributed by atoms with E-state index in [0.717, 1.165) is 0 Å². The molecule has 0 aliphatic carbocycles. The van der Waals surface area contributed by atoms with Crippen LogP contribution >= 0.6 is 0 Å². The first-order chi connectivity index (χ1) is 8.45. The van der Waals surface area contributed by atoms with Crippen LogP contribution in [-0.2, 0) is 4.79 Å². The molecule has 0 saturated carbocycles. The quantitative estimate of drug-likeness (QED) is 0.838. The molecule has 2 amide bonds. The summed E-state index contributed by atoms with van der Waals surface area (Å²) in [6.45, 7) is 1.84. The Morgan fingerprint density at radius 1 is 1.39 bits per heavy atom. The zero-order chi connectivity index (χ0) is 13.7. The molecule has 0 unspecified atom stereocenters. The van der Waals surface area contributed by atoms with Gasteiger partial charge in [0, 0.05) is 25.3 Å². The first-order valence-corrected chi connectivity index (χ1v) is 5.84. The largest absolute Gasteiger partial charge is 0.345 e. The van der Waals surface area contributed by atoms with Gasteiger partial charge >= 0.3 is 0 Å². The number of nitrogens with two attached hydrogens (primary N) is 1. The van der Waals surface area contributed by atoms with Gasteiger partial charge in [-0.1, -0.05) is 13.0 Å². The van der Waals surface area contributed by atoms with Gasteiger partial charge in [-0.25, -0.2) is 0 Å². The van der Waals surface area contributed by atoms with Gasteiger partial charge < -0.3 is 16.0 Å². The van der Waals surface area contributed by atoms with Crippen molar-refractivity contribution < 1.29 is 9.59 Å². The van der Waals surface area contributed by atoms with Gasteiger partial charge in [0.15, 0.2) is 0 Å². The molecule has 0 aromatic heterocycles. The van der Waals surface area contributed by atoms with Gasteiger partial charge in [0.2, 0.25) is 5.91 Å². The second-order valence-electron chi connectivity index (χ2n) is 4.28. The van der Waals surface area contributed by atoms with E-state index < -0.39 is 6.04 Å². The number of amides is 2. The fraction of sp³-hybridized carbons (Fsp3) is 0.385. The number of hydrogen-bond donors (Lipinski definition) is 2. The molecule has 1 aromatic carbocycles. The first kappa shape index (κ1) is 14.2. The Hall–Kier alpha value is -1.88. The molecule has 1 atom stereocenters. The summed E-state index contributed by atoms with van der Waals surface area (Å²) in [4.78, 5) is 24.9. The predicted octanol–water partition coefficient (Wildman–Crippen LogP) is 1.06. The van der Waals surface area contributed by atoms with E-state index in [9.17, 15) is 9.59 Å². The van der Waals surface area contributed by atoms with Crippen molar-refractivity contribution in [3.63, 3.8) is 0 Å². The summed E-state index contributed by atoms with van der Waals surface area (Å²) in [6.07, 6.45) is 0.572. The molecule has 0 radical (unpaired) electrons. The van der Waals surface area contributed by atoms with Crippen molar-refractivity contribution in [3.8, 4) is 0 Å². The lowest BCUT2D eigenvalue weighted by Crippen LogP contribution is -2.34. The van der Waals surface area contributed by atoms with Crippen LogP contribution in [0.25, 0.3) is 0 Å². The molecule has 1 aromatic rings. The Morgan fingerprint density at radius 2 is 2.06 bits per heavy atom. The molecule has 0 spiro atoms. The van der Waals surface area contributed by atoms with E-state index in [0.29, 0.717) is 17.7 Å². The van der Waals surface area contributed by atoms with Gasteiger partial charge in [0.05, 0.1) is 6.04 Å². The third-order valence-corrected chi connectivity index (χ3v) is 2.56. The van der Waals surface area contributed by atoms with Gasteiger partial charge in [-0.15, -0.1) is 0 Å². The maximum atomic E-state index is 11.8. The molecule has 5 heteroatoms. The average molecular weight is 249 g/mol. The second-order valence-corrected chi connectivity index (χ2v) is 4.28. The molecule has 98 valence electrons. The van der Waals surface area contributed by atoms with Crippen LogP contribution in [0.3, 0.4) is 0 Å². The van der Waals surface area contributed by atoms with Crippen LogP contribution in [0.15, 0.2) is 24.3 Å². The standard InChI is InChI=1S/C13H19N3O2/c1-4-11(14)12(17)15-10-7-5-6-9(8-10)13(18)16(2)3/h5-8,11H,4,14H2,1-3H3,(H,15,17)/t11-/m1/s1. The van der Waals surface area contributed by atoms with E-state index in [1.54, 1.807) is 38.4 Å². The Labute approximate surface area is 107 Å². The number of nitrogens with zero attached hydrogens (tertiary/aromatic N) is 1. The van der Waals surface area contributed by atoms with Crippen LogP contribution in [-0.4, -0.2) is 36.9 Å². The van der Waals surface area contributed by atoms with Crippen LogP contribution in [0.4, 0.5) is 5.69 Å². The third-order valence-electron chi connectivity index (χ3n) is 2.56. The van der Waals surface area contributed by atoms with Crippen molar-refractivity contribution in [1.82, 2.24) is 4.90 Å². The minimum Gasteiger partial charge on any atom is -0.345 e. The highest BCUT2D eigenvalue weighted by atomic mass is 16.2. The summed E-state index contributed by atoms with van der Waals surface area (Å²) in [6, 6.07) is 6.27. The van der Waals surface area contributed by atoms with E-state index in [1.807, 2.05) is 6.92 Å². The number of benzene rings is 1. The molecular weight excluding hydrogens is 230 g/mol. The van der Waals surface area contributed by atoms with Gasteiger partial charge in [-0.2, -0.15) is 0 Å². The zero-order valence-corrected chi connectivity index (χ0v) is 10.9. The van der Waals surface area contributed by atoms with E-state index in [-0.39, 0.29) is 11.8 Å². The van der Waals surface area contributed by atoms with Crippen LogP contribution in [0.1, 0.15) is 23.7 Å². The fourth-order valence-electron chi connectivity index (χ4n) is 1.41. The number of carbonyl (C=O) groups is 2. The summed E-state index contributed by atoms with van der Waals surface area (Å²) in [5.74, 6) is -0.349. The van der Waals surface area contributed by atoms with Crippen molar-refractivity contribution in [1.29, 1.82) is 0 Å². The molecule has 0 heterocycles. The lowest BCUT2D eigenvalue weighted by Gasteiger charge is -2.13. The average Bonchev–Trinajstić information content (AvgIpc) is 2.36. The monoisotopic (exact) mass is 249 g/mol. The van der Waals surface area contributed by atoms with Crippen molar-refractivity contribution in [3.05, 3.63) is 29.8 Å². The van der Waals surface area contributed by atoms with E-state index in [2.05, 4.69) is 5.32 Å². The van der Waals surface area contributed by atoms with E-state index in [4.69, 9.17) is 5.73 Å². The van der Waals surface area contributed by atoms with E-state index >= 15 is 0 Å². The summed E-state index contributed by atoms with van der Waals surface area (Å²) in [5, 5.41) is 2.69. The number of hydrogen-bond acceptors (Lipinski definition) is 3. The summed E-state index contributed by atoms with van der Waals surface area (Å²) in [5.41, 5.74) is 6.73. The highest BCUT2D eigenvalue weighted by molar-refractivity contribution is 5.98. The molecule has 3 N–H and O–H groups in total. The Morgan fingerprint density at radius 3 is 2.61 bits per heavy atom. The normalized spacial score (nSPS) is 11.8. The van der Waals surface area contributed by atoms with Gasteiger partial charge in [0.25, 0.3) is 5.91 Å². The number of carbonyl (C=O) groups excluding carboxylic acids is 2. The highest BCUT2D eigenvalue weighted by Gasteiger charge is 2.12. The Kier molecular flexibility index (Phi) is 4.85. The molecule has 18 heavy (non-hydrogen) atoms. The lowest BCUT2D eigenvalue weighted by molar-refractivity contribution is -0.117. The van der Waals surface area contributed by atoms with Crippen LogP contribution in [0, 0.1) is 0 Å². The van der Waals surface area contributed by atoms with Gasteiger partial charge in [-0.3, -0.25) is 9.59 Å². The summed E-state index contributed by atoms with van der Waals surface area (Å²) >= 11 is 0. The van der Waals surface area contributed by atoms with Crippen molar-refractivity contribution in [2.24, 2.45) is 5.73 Å². The van der Waals surface area contributed by atoms with E-state index in [1.165, 1.54) is 4.90 Å². The Balaban J connectivity index is 2.83. The maximum Gasteiger partial charge on any atom is 0.253 e. The maximum absolute atomic E-state index is 11.8. The van der Waals surface area contributed by atoms with Crippen LogP contribution in [0.2, 0.25) is 0 Å². The van der Waals surface area contributed by atoms with Crippen molar-refractivity contribution in [2.75, 3.05) is 19.4 Å². The Bertz CT molecular complexity index is 444. The molecule has 0 aliphatic rings. The molecule has 5 nitrogen and oxygen atoms in total. The molecule has 0 fully saturated rings. The van der Waals surface area contributed by atoms with Gasteiger partial charge in [-0.05, 0) is 24.6 Å². The van der Waals surface area contributed by atoms with Crippen LogP contribution in [0.5, 0.6) is 0 Å². The SMILES string of the molecule is CC[C@@H](N)C(=O)Nc1cccc(C(=O)N(C)C)c1. The fourth-order valence-corrected chi connectivity index (χ4v) is 1.41. The minimum atomic E-state index is -0.529. The van der Waals surface area contributed by atoms with Crippen LogP contribution < -0.4 is 11.1 Å². The predicted molar refractivity (Wildman–Crippen MR) is 71.4 cm³/mol. The summed E-state index contributed by atoms with van der Waals surface area (Å²) < 4.78 is 0. The first-order valence-electron chi connectivity index (χ1n) is 5.84. The lowest BCUT2D eigenvalue weighted by atomic mass is 10.1. The number of rotatable bonds is 4. The summed E-state index contributed by atoms with van der Waals surface area (Å²) in [7, 11) is 3.36. The molecular formula is C13H19N3O2. The smallest absolute Gasteiger partial charge is 0.253 e. The molecule has 0 saturated heterocycles. The zero-order valence-electron chi connectivity index (χ0n) is 10.9. The van der Waals surface area contributed by atoms with Crippen molar-refractivity contribution >= 4 is 17.5 Å². The number of anilines is 1. The van der Waals surface area contributed by atoms with Gasteiger partial charge in [0.1, 0.15) is 0 Å².